The van der Waals surface area contributed by atoms with E-state index in [0.717, 1.165) is 87.1 Å². The molecule has 0 spiro atoms. The van der Waals surface area contributed by atoms with Gasteiger partial charge < -0.3 is 32.3 Å². The van der Waals surface area contributed by atoms with E-state index in [4.69, 9.17) is 11.5 Å². The summed E-state index contributed by atoms with van der Waals surface area (Å²) >= 11 is 0. The zero-order valence-corrected chi connectivity index (χ0v) is 34.7. The maximum atomic E-state index is 13.3. The summed E-state index contributed by atoms with van der Waals surface area (Å²) in [7, 11) is 0. The fourth-order valence-electron chi connectivity index (χ4n) is 8.07. The summed E-state index contributed by atoms with van der Waals surface area (Å²) in [6.07, 6.45) is 11.6. The standard InChI is InChI=1S/C34H51N5O.C10H16N2O.C2H6/c1-25-18-20-34(21-19-25,28(4)37-26(2)13-11-12-22-35)39-27(3)32(24-30-16-9-6-10-17-30)38-33(40)31(36)23-29-14-7-5-8-15-29;1-3-12-9-4-10(12)7-11(6-9)5-8(2)13;1-2/h5-10,14-17,25-26,31-32,37,39H,3-4,11-13,18-24,35-36H2,1-2H3,(H,38,40);3,9-10H,1,4-7H2,2H3;1-2H3. The summed E-state index contributed by atoms with van der Waals surface area (Å²) in [6.45, 7) is 26.4. The van der Waals surface area contributed by atoms with Crippen molar-refractivity contribution in [3.63, 3.8) is 0 Å². The number of nitrogens with two attached hydrogens (primary N) is 2. The minimum absolute atomic E-state index is 0.176. The maximum Gasteiger partial charge on any atom is 0.237 e. The van der Waals surface area contributed by atoms with Gasteiger partial charge in [0.25, 0.3) is 0 Å². The highest BCUT2D eigenvalue weighted by atomic mass is 16.2. The van der Waals surface area contributed by atoms with Gasteiger partial charge in [0.1, 0.15) is 5.78 Å². The smallest absolute Gasteiger partial charge is 0.237 e. The topological polar surface area (TPSA) is 129 Å². The van der Waals surface area contributed by atoms with Crippen LogP contribution in [0.15, 0.2) is 98.0 Å². The van der Waals surface area contributed by atoms with E-state index in [1.165, 1.54) is 6.42 Å². The molecular formula is C46H73N7O2. The first-order valence-electron chi connectivity index (χ1n) is 20.8. The summed E-state index contributed by atoms with van der Waals surface area (Å²) in [5.41, 5.74) is 15.7. The van der Waals surface area contributed by atoms with Crippen LogP contribution >= 0.6 is 0 Å². The summed E-state index contributed by atoms with van der Waals surface area (Å²) in [6, 6.07) is 20.7. The number of hydrogen-bond donors (Lipinski definition) is 5. The Bertz CT molecular complexity index is 1460. The van der Waals surface area contributed by atoms with Gasteiger partial charge in [-0.25, -0.2) is 0 Å². The number of rotatable bonds is 19. The molecule has 304 valence electrons. The molecule has 2 bridgehead atoms. The Hall–Kier alpha value is -3.92. The number of amides is 1. The number of carbonyl (C=O) groups excluding carboxylic acids is 2. The van der Waals surface area contributed by atoms with Gasteiger partial charge in [-0.3, -0.25) is 14.5 Å². The van der Waals surface area contributed by atoms with Gasteiger partial charge in [-0.15, -0.1) is 0 Å². The predicted molar refractivity (Wildman–Crippen MR) is 230 cm³/mol. The molecule has 3 aliphatic heterocycles. The Morgan fingerprint density at radius 3 is 2.02 bits per heavy atom. The SMILES string of the molecule is C=C(NC1(C(=C)NC(C)CCCCN)CCC(C)CC1)C(Cc1ccccc1)NC(=O)C(N)Cc1ccccc1.C=CN1C2CC1CN(CC(C)=O)C2.CC. The van der Waals surface area contributed by atoms with Crippen LogP contribution < -0.4 is 27.4 Å². The van der Waals surface area contributed by atoms with Gasteiger partial charge >= 0.3 is 0 Å². The van der Waals surface area contributed by atoms with Crippen LogP contribution in [0.1, 0.15) is 97.1 Å². The van der Waals surface area contributed by atoms with Crippen molar-refractivity contribution < 1.29 is 9.59 Å². The average Bonchev–Trinajstić information content (AvgIpc) is 3.17. The van der Waals surface area contributed by atoms with Gasteiger partial charge in [0.15, 0.2) is 0 Å². The van der Waals surface area contributed by atoms with Gasteiger partial charge in [0.2, 0.25) is 5.91 Å². The number of piperidine rings is 1. The first-order valence-corrected chi connectivity index (χ1v) is 20.8. The van der Waals surface area contributed by atoms with Gasteiger partial charge in [0, 0.05) is 42.6 Å². The minimum atomic E-state index is -0.649. The van der Waals surface area contributed by atoms with E-state index >= 15 is 0 Å². The maximum absolute atomic E-state index is 13.3. The summed E-state index contributed by atoms with van der Waals surface area (Å²) < 4.78 is 0. The molecule has 0 aromatic heterocycles. The van der Waals surface area contributed by atoms with Gasteiger partial charge in [0.05, 0.1) is 24.2 Å². The molecule has 55 heavy (non-hydrogen) atoms. The Balaban J connectivity index is 0.000000449. The number of carbonyl (C=O) groups is 2. The van der Waals surface area contributed by atoms with Gasteiger partial charge in [-0.2, -0.15) is 0 Å². The van der Waals surface area contributed by atoms with Crippen LogP contribution in [0.3, 0.4) is 0 Å². The molecule has 2 aromatic rings. The molecule has 9 heteroatoms. The lowest BCUT2D eigenvalue weighted by Gasteiger charge is -2.56. The Kier molecular flexibility index (Phi) is 19.2. The molecule has 5 atom stereocenters. The number of piperazine rings is 1. The van der Waals surface area contributed by atoms with Crippen molar-refractivity contribution in [2.75, 3.05) is 26.2 Å². The van der Waals surface area contributed by atoms with E-state index in [1.54, 1.807) is 6.92 Å². The highest BCUT2D eigenvalue weighted by molar-refractivity contribution is 5.82. The molecule has 1 aliphatic carbocycles. The summed E-state index contributed by atoms with van der Waals surface area (Å²) in [4.78, 5) is 28.8. The first-order chi connectivity index (χ1) is 26.4. The van der Waals surface area contributed by atoms with Gasteiger partial charge in [-0.1, -0.05) is 108 Å². The van der Waals surface area contributed by atoms with Crippen LogP contribution in [0.4, 0.5) is 0 Å². The zero-order chi connectivity index (χ0) is 40.4. The molecule has 2 aromatic carbocycles. The number of nitrogens with zero attached hydrogens (tertiary/aromatic N) is 2. The Morgan fingerprint density at radius 1 is 0.927 bits per heavy atom. The van der Waals surface area contributed by atoms with E-state index in [-0.39, 0.29) is 23.3 Å². The molecule has 9 nitrogen and oxygen atoms in total. The third-order valence-electron chi connectivity index (χ3n) is 11.3. The molecule has 7 N–H and O–H groups in total. The number of ketones is 1. The number of benzene rings is 2. The number of fused-ring (bicyclic) bond motifs is 2. The minimum Gasteiger partial charge on any atom is -0.384 e. The highest BCUT2D eigenvalue weighted by Gasteiger charge is 2.42. The first kappa shape index (κ1) is 45.5. The Labute approximate surface area is 333 Å². The molecule has 4 aliphatic rings. The zero-order valence-electron chi connectivity index (χ0n) is 34.7. The van der Waals surface area contributed by atoms with Crippen LogP contribution in [0.5, 0.6) is 0 Å². The summed E-state index contributed by atoms with van der Waals surface area (Å²) in [5.74, 6) is 0.768. The quantitative estimate of drug-likeness (QED) is 0.103. The van der Waals surface area contributed by atoms with E-state index in [2.05, 4.69) is 71.5 Å². The fourth-order valence-corrected chi connectivity index (χ4v) is 8.07. The molecule has 0 radical (unpaired) electrons. The van der Waals surface area contributed by atoms with E-state index < -0.39 is 6.04 Å². The third-order valence-corrected chi connectivity index (χ3v) is 11.3. The summed E-state index contributed by atoms with van der Waals surface area (Å²) in [5, 5.41) is 10.7. The molecule has 4 fully saturated rings. The molecule has 5 unspecified atom stereocenters. The van der Waals surface area contributed by atoms with Crippen molar-refractivity contribution in [2.24, 2.45) is 17.4 Å². The second kappa shape index (κ2) is 23.2. The van der Waals surface area contributed by atoms with Gasteiger partial charge in [-0.05, 0) is 101 Å². The lowest BCUT2D eigenvalue weighted by molar-refractivity contribution is -0.123. The van der Waals surface area contributed by atoms with Crippen molar-refractivity contribution in [2.45, 2.75) is 135 Å². The third kappa shape index (κ3) is 14.3. The van der Waals surface area contributed by atoms with Crippen molar-refractivity contribution in [3.8, 4) is 0 Å². The van der Waals surface area contributed by atoms with Crippen LogP contribution in [-0.4, -0.2) is 83.4 Å². The van der Waals surface area contributed by atoms with Crippen molar-refractivity contribution >= 4 is 11.7 Å². The van der Waals surface area contributed by atoms with Crippen LogP contribution in [0.25, 0.3) is 0 Å². The van der Waals surface area contributed by atoms with E-state index in [0.29, 0.717) is 43.4 Å². The second-order valence-corrected chi connectivity index (χ2v) is 15.8. The molecule has 1 saturated carbocycles. The Morgan fingerprint density at radius 2 is 1.49 bits per heavy atom. The number of nitrogens with one attached hydrogen (secondary N) is 3. The van der Waals surface area contributed by atoms with Crippen molar-refractivity contribution in [3.05, 3.63) is 109 Å². The highest BCUT2D eigenvalue weighted by Crippen LogP contribution is 2.37. The lowest BCUT2D eigenvalue weighted by Crippen LogP contribution is -2.66. The second-order valence-electron chi connectivity index (χ2n) is 15.8. The van der Waals surface area contributed by atoms with E-state index in [1.807, 2.05) is 68.6 Å². The molecular weight excluding hydrogens is 683 g/mol. The average molecular weight is 756 g/mol. The molecule has 3 heterocycles. The van der Waals surface area contributed by atoms with Crippen LogP contribution in [-0.2, 0) is 22.4 Å². The largest absolute Gasteiger partial charge is 0.384 e. The molecule has 6 rings (SSSR count). The number of unbranched alkanes of at least 4 members (excludes halogenated alkanes) is 1. The predicted octanol–water partition coefficient (Wildman–Crippen LogP) is 6.46. The van der Waals surface area contributed by atoms with Crippen molar-refractivity contribution in [1.29, 1.82) is 0 Å². The lowest BCUT2D eigenvalue weighted by atomic mass is 9.74. The monoisotopic (exact) mass is 756 g/mol. The van der Waals surface area contributed by atoms with E-state index in [9.17, 15) is 9.59 Å². The number of Topliss-reactive ketones (excluding diaryl/α,β-unsaturated/α-hetero) is 1. The van der Waals surface area contributed by atoms with Crippen LogP contribution in [0, 0.1) is 5.92 Å². The molecule has 1 amide bonds. The normalized spacial score (nSPS) is 23.1. The van der Waals surface area contributed by atoms with Crippen LogP contribution in [0.2, 0.25) is 0 Å². The molecule has 3 saturated heterocycles. The number of hydrogen-bond acceptors (Lipinski definition) is 8. The van der Waals surface area contributed by atoms with Crippen molar-refractivity contribution in [1.82, 2.24) is 25.8 Å². The fraction of sp³-hybridized carbons (Fsp3) is 0.565.